The van der Waals surface area contributed by atoms with Crippen molar-refractivity contribution in [1.29, 1.82) is 0 Å². The van der Waals surface area contributed by atoms with Gasteiger partial charge in [0, 0.05) is 6.42 Å². The summed E-state index contributed by atoms with van der Waals surface area (Å²) in [5, 5.41) is 5.55. The molecule has 6 heteroatoms. The monoisotopic (exact) mass is 271 g/mol. The smallest absolute Gasteiger partial charge is 0.355 e. The number of nitrogens with two attached hydrogens (primary N) is 1. The first kappa shape index (κ1) is 13.6. The fraction of sp³-hybridized carbons (Fsp3) is 0.214. The van der Waals surface area contributed by atoms with E-state index in [-0.39, 0.29) is 18.7 Å². The van der Waals surface area contributed by atoms with E-state index in [4.69, 9.17) is 16.9 Å². The van der Waals surface area contributed by atoms with E-state index in [1.54, 1.807) is 24.3 Å². The lowest BCUT2D eigenvalue weighted by Gasteiger charge is -2.20. The van der Waals surface area contributed by atoms with Crippen molar-refractivity contribution in [2.45, 2.75) is 12.5 Å². The number of nitrogens with zero attached hydrogens (tertiary/aromatic N) is 2. The number of primary amides is 1. The Morgan fingerprint density at radius 2 is 2.15 bits per heavy atom. The van der Waals surface area contributed by atoms with Gasteiger partial charge in [0.15, 0.2) is 6.61 Å². The molecule has 6 nitrogen and oxygen atoms in total. The van der Waals surface area contributed by atoms with E-state index in [2.05, 4.69) is 11.0 Å². The number of carbonyl (C=O) groups is 2. The summed E-state index contributed by atoms with van der Waals surface area (Å²) in [6.45, 7) is -0.134. The molecule has 0 fully saturated rings. The van der Waals surface area contributed by atoms with Crippen LogP contribution in [0.2, 0.25) is 0 Å². The lowest BCUT2D eigenvalue weighted by atomic mass is 10.1. The van der Waals surface area contributed by atoms with Gasteiger partial charge in [0.1, 0.15) is 11.8 Å². The number of esters is 1. The van der Waals surface area contributed by atoms with Crippen LogP contribution in [0.15, 0.2) is 35.4 Å². The van der Waals surface area contributed by atoms with Crippen molar-refractivity contribution in [2.24, 2.45) is 10.8 Å². The number of hydrogen-bond acceptors (Lipinski definition) is 5. The van der Waals surface area contributed by atoms with Gasteiger partial charge in [-0.15, -0.1) is 6.42 Å². The quantitative estimate of drug-likeness (QED) is 0.629. The van der Waals surface area contributed by atoms with E-state index in [0.29, 0.717) is 5.69 Å². The highest BCUT2D eigenvalue weighted by Gasteiger charge is 2.35. The van der Waals surface area contributed by atoms with E-state index < -0.39 is 17.9 Å². The fourth-order valence-electron chi connectivity index (χ4n) is 1.86. The average Bonchev–Trinajstić information content (AvgIpc) is 2.91. The predicted molar refractivity (Wildman–Crippen MR) is 73.7 cm³/mol. The molecule has 1 heterocycles. The van der Waals surface area contributed by atoms with Crippen molar-refractivity contribution in [1.82, 2.24) is 0 Å². The number of benzene rings is 1. The molecule has 102 valence electrons. The van der Waals surface area contributed by atoms with E-state index >= 15 is 0 Å². The minimum atomic E-state index is -0.703. The number of hydrazone groups is 1. The second-order valence-electron chi connectivity index (χ2n) is 4.13. The molecule has 1 aromatic carbocycles. The summed E-state index contributed by atoms with van der Waals surface area (Å²) in [7, 11) is 0. The molecule has 0 saturated carbocycles. The molecular formula is C14H13N3O3. The average molecular weight is 271 g/mol. The van der Waals surface area contributed by atoms with Crippen LogP contribution in [0, 0.1) is 12.3 Å². The Kier molecular flexibility index (Phi) is 4.01. The van der Waals surface area contributed by atoms with E-state index in [1.165, 1.54) is 5.01 Å². The molecule has 2 N–H and O–H groups in total. The highest BCUT2D eigenvalue weighted by Crippen LogP contribution is 2.24. The van der Waals surface area contributed by atoms with Crippen LogP contribution in [0.1, 0.15) is 6.42 Å². The molecule has 1 amide bonds. The molecule has 2 rings (SSSR count). The SMILES string of the molecule is C#CCOC(=O)C1=NN(c2ccccc2)C(C(N)=O)C1. The van der Waals surface area contributed by atoms with Crippen LogP contribution in [-0.4, -0.2) is 30.2 Å². The molecule has 0 aromatic heterocycles. The van der Waals surface area contributed by atoms with E-state index in [1.807, 2.05) is 6.07 Å². The molecule has 0 spiro atoms. The molecule has 20 heavy (non-hydrogen) atoms. The molecule has 0 bridgehead atoms. The summed E-state index contributed by atoms with van der Waals surface area (Å²) in [4.78, 5) is 23.2. The van der Waals surface area contributed by atoms with Crippen molar-refractivity contribution in [3.05, 3.63) is 30.3 Å². The topological polar surface area (TPSA) is 85.0 Å². The number of terminal acetylenes is 1. The third-order valence-corrected chi connectivity index (χ3v) is 2.78. The Balaban J connectivity index is 2.24. The summed E-state index contributed by atoms with van der Waals surface area (Å²) >= 11 is 0. The third kappa shape index (κ3) is 2.78. The number of carbonyl (C=O) groups excluding carboxylic acids is 2. The standard InChI is InChI=1S/C14H13N3O3/c1-2-8-20-14(19)11-9-12(13(15)18)17(16-11)10-6-4-3-5-7-10/h1,3-7,12H,8-9H2,(H2,15,18). The molecule has 1 unspecified atom stereocenters. The van der Waals surface area contributed by atoms with Gasteiger partial charge in [-0.3, -0.25) is 9.80 Å². The summed E-state index contributed by atoms with van der Waals surface area (Å²) in [5.41, 5.74) is 6.16. The maximum atomic E-state index is 11.7. The van der Waals surface area contributed by atoms with Crippen molar-refractivity contribution in [3.63, 3.8) is 0 Å². The number of hydrogen-bond donors (Lipinski definition) is 1. The van der Waals surface area contributed by atoms with Crippen LogP contribution >= 0.6 is 0 Å². The molecule has 0 aliphatic carbocycles. The zero-order chi connectivity index (χ0) is 14.5. The van der Waals surface area contributed by atoms with Gasteiger partial charge in [0.05, 0.1) is 5.69 Å². The number of para-hydroxylation sites is 1. The van der Waals surface area contributed by atoms with E-state index in [0.717, 1.165) is 0 Å². The Hall–Kier alpha value is -2.81. The molecule has 1 aromatic rings. The first-order valence-electron chi connectivity index (χ1n) is 5.95. The van der Waals surface area contributed by atoms with Crippen molar-refractivity contribution >= 4 is 23.3 Å². The number of anilines is 1. The highest BCUT2D eigenvalue weighted by molar-refractivity contribution is 6.38. The maximum Gasteiger partial charge on any atom is 0.355 e. The molecule has 1 aliphatic heterocycles. The lowest BCUT2D eigenvalue weighted by Crippen LogP contribution is -2.39. The number of rotatable bonds is 4. The predicted octanol–water partition coefficient (Wildman–Crippen LogP) is 0.283. The van der Waals surface area contributed by atoms with Gasteiger partial charge < -0.3 is 10.5 Å². The molecule has 0 saturated heterocycles. The van der Waals surface area contributed by atoms with Gasteiger partial charge in [-0.1, -0.05) is 24.1 Å². The summed E-state index contributed by atoms with van der Waals surface area (Å²) in [5.74, 6) is 1.01. The van der Waals surface area contributed by atoms with Crippen LogP contribution in [-0.2, 0) is 14.3 Å². The normalized spacial score (nSPS) is 17.2. The number of amides is 1. The largest absolute Gasteiger partial charge is 0.448 e. The Labute approximate surface area is 116 Å². The zero-order valence-corrected chi connectivity index (χ0v) is 10.7. The first-order valence-corrected chi connectivity index (χ1v) is 5.95. The van der Waals surface area contributed by atoms with Gasteiger partial charge in [-0.25, -0.2) is 4.79 Å². The van der Waals surface area contributed by atoms with Gasteiger partial charge in [0.2, 0.25) is 5.91 Å². The van der Waals surface area contributed by atoms with Crippen molar-refractivity contribution < 1.29 is 14.3 Å². The Morgan fingerprint density at radius 1 is 1.45 bits per heavy atom. The molecule has 1 atom stereocenters. The van der Waals surface area contributed by atoms with Crippen molar-refractivity contribution in [3.8, 4) is 12.3 Å². The van der Waals surface area contributed by atoms with Gasteiger partial charge in [0.25, 0.3) is 0 Å². The minimum Gasteiger partial charge on any atom is -0.448 e. The van der Waals surface area contributed by atoms with Gasteiger partial charge in [-0.05, 0) is 12.1 Å². The van der Waals surface area contributed by atoms with Crippen LogP contribution < -0.4 is 10.7 Å². The van der Waals surface area contributed by atoms with Gasteiger partial charge >= 0.3 is 5.97 Å². The third-order valence-electron chi connectivity index (χ3n) is 2.78. The first-order chi connectivity index (χ1) is 9.63. The minimum absolute atomic E-state index is 0.105. The Bertz CT molecular complexity index is 589. The summed E-state index contributed by atoms with van der Waals surface area (Å²) in [6, 6.07) is 8.29. The van der Waals surface area contributed by atoms with Crippen LogP contribution in [0.25, 0.3) is 0 Å². The highest BCUT2D eigenvalue weighted by atomic mass is 16.5. The Morgan fingerprint density at radius 3 is 2.75 bits per heavy atom. The van der Waals surface area contributed by atoms with Crippen LogP contribution in [0.3, 0.4) is 0 Å². The maximum absolute atomic E-state index is 11.7. The molecular weight excluding hydrogens is 258 g/mol. The van der Waals surface area contributed by atoms with Crippen molar-refractivity contribution in [2.75, 3.05) is 11.6 Å². The number of ether oxygens (including phenoxy) is 1. The fourth-order valence-corrected chi connectivity index (χ4v) is 1.86. The van der Waals surface area contributed by atoms with E-state index in [9.17, 15) is 9.59 Å². The summed E-state index contributed by atoms with van der Waals surface area (Å²) < 4.78 is 4.80. The second kappa shape index (κ2) is 5.89. The second-order valence-corrected chi connectivity index (χ2v) is 4.13. The zero-order valence-electron chi connectivity index (χ0n) is 10.7. The van der Waals surface area contributed by atoms with Gasteiger partial charge in [-0.2, -0.15) is 5.10 Å². The summed E-state index contributed by atoms with van der Waals surface area (Å²) in [6.07, 6.45) is 5.12. The van der Waals surface area contributed by atoms with Crippen LogP contribution in [0.4, 0.5) is 5.69 Å². The van der Waals surface area contributed by atoms with Crippen LogP contribution in [0.5, 0.6) is 0 Å². The lowest BCUT2D eigenvalue weighted by molar-refractivity contribution is -0.134. The molecule has 1 aliphatic rings. The molecule has 0 radical (unpaired) electrons.